The molecule has 0 atom stereocenters. The van der Waals surface area contributed by atoms with Crippen LogP contribution in [0.25, 0.3) is 0 Å². The average Bonchev–Trinajstić information content (AvgIpc) is 2.16. The number of rotatable bonds is 3. The van der Waals surface area contributed by atoms with Crippen LogP contribution in [0.5, 0.6) is 0 Å². The summed E-state index contributed by atoms with van der Waals surface area (Å²) < 4.78 is 0. The molecule has 0 aliphatic heterocycles. The monoisotopic (exact) mass is 204 g/mol. The maximum absolute atomic E-state index is 5.84. The zero-order valence-electron chi connectivity index (χ0n) is 9.61. The molecule has 0 unspecified atom stereocenters. The SMILES string of the molecule is CCN(c1cccc(C)c1)C1CC(N)C1. The molecule has 2 rings (SSSR count). The molecule has 0 saturated heterocycles. The molecule has 0 spiro atoms. The molecule has 2 N–H and O–H groups in total. The fraction of sp³-hybridized carbons (Fsp3) is 0.538. The Bertz CT molecular complexity index is 329. The van der Waals surface area contributed by atoms with E-state index in [0.29, 0.717) is 12.1 Å². The second-order valence-electron chi connectivity index (χ2n) is 4.51. The van der Waals surface area contributed by atoms with E-state index in [1.165, 1.54) is 11.3 Å². The Morgan fingerprint density at radius 1 is 1.40 bits per heavy atom. The number of hydrogen-bond donors (Lipinski definition) is 1. The fourth-order valence-corrected chi connectivity index (χ4v) is 2.34. The molecule has 1 aliphatic carbocycles. The molecular weight excluding hydrogens is 184 g/mol. The molecule has 2 nitrogen and oxygen atoms in total. The minimum atomic E-state index is 0.425. The lowest BCUT2D eigenvalue weighted by atomic mass is 9.86. The van der Waals surface area contributed by atoms with Gasteiger partial charge in [-0.15, -0.1) is 0 Å². The van der Waals surface area contributed by atoms with Gasteiger partial charge < -0.3 is 10.6 Å². The van der Waals surface area contributed by atoms with Crippen molar-refractivity contribution in [3.8, 4) is 0 Å². The van der Waals surface area contributed by atoms with Gasteiger partial charge in [0.05, 0.1) is 0 Å². The van der Waals surface area contributed by atoms with Gasteiger partial charge in [0.2, 0.25) is 0 Å². The largest absolute Gasteiger partial charge is 0.369 e. The number of aryl methyl sites for hydroxylation is 1. The van der Waals surface area contributed by atoms with Crippen molar-refractivity contribution in [2.75, 3.05) is 11.4 Å². The highest BCUT2D eigenvalue weighted by atomic mass is 15.2. The van der Waals surface area contributed by atoms with E-state index in [2.05, 4.69) is 43.0 Å². The van der Waals surface area contributed by atoms with Crippen molar-refractivity contribution in [2.45, 2.75) is 38.8 Å². The first-order chi connectivity index (χ1) is 7.20. The van der Waals surface area contributed by atoms with Crippen LogP contribution in [0.1, 0.15) is 25.3 Å². The van der Waals surface area contributed by atoms with E-state index in [0.717, 1.165) is 19.4 Å². The predicted molar refractivity (Wildman–Crippen MR) is 65.2 cm³/mol. The molecule has 0 bridgehead atoms. The zero-order valence-corrected chi connectivity index (χ0v) is 9.61. The molecule has 0 radical (unpaired) electrons. The lowest BCUT2D eigenvalue weighted by Gasteiger charge is -2.42. The lowest BCUT2D eigenvalue weighted by Crippen LogP contribution is -2.50. The molecule has 0 amide bonds. The van der Waals surface area contributed by atoms with E-state index < -0.39 is 0 Å². The summed E-state index contributed by atoms with van der Waals surface area (Å²) in [5.41, 5.74) is 8.51. The Morgan fingerprint density at radius 2 is 2.13 bits per heavy atom. The summed E-state index contributed by atoms with van der Waals surface area (Å²) in [6, 6.07) is 9.81. The van der Waals surface area contributed by atoms with Crippen LogP contribution in [0, 0.1) is 6.92 Å². The molecular formula is C13H20N2. The van der Waals surface area contributed by atoms with Gasteiger partial charge in [0.15, 0.2) is 0 Å². The predicted octanol–water partition coefficient (Wildman–Crippen LogP) is 2.31. The summed E-state index contributed by atoms with van der Waals surface area (Å²) in [6.07, 6.45) is 2.28. The Kier molecular flexibility index (Phi) is 2.96. The van der Waals surface area contributed by atoms with Crippen LogP contribution >= 0.6 is 0 Å². The third kappa shape index (κ3) is 2.15. The first-order valence-electron chi connectivity index (χ1n) is 5.79. The topological polar surface area (TPSA) is 29.3 Å². The summed E-state index contributed by atoms with van der Waals surface area (Å²) in [6.45, 7) is 5.43. The number of anilines is 1. The molecule has 2 heteroatoms. The van der Waals surface area contributed by atoms with Crippen LogP contribution in [0.15, 0.2) is 24.3 Å². The number of benzene rings is 1. The molecule has 0 heterocycles. The molecule has 82 valence electrons. The standard InChI is InChI=1S/C13H20N2/c1-3-15(13-8-11(14)9-13)12-6-4-5-10(2)7-12/h4-7,11,13H,3,8-9,14H2,1-2H3. The van der Waals surface area contributed by atoms with Crippen molar-refractivity contribution in [3.63, 3.8) is 0 Å². The normalized spacial score (nSPS) is 24.7. The van der Waals surface area contributed by atoms with Gasteiger partial charge in [-0.2, -0.15) is 0 Å². The highest BCUT2D eigenvalue weighted by Gasteiger charge is 2.30. The second-order valence-corrected chi connectivity index (χ2v) is 4.51. The highest BCUT2D eigenvalue weighted by molar-refractivity contribution is 5.49. The van der Waals surface area contributed by atoms with Gasteiger partial charge in [-0.1, -0.05) is 12.1 Å². The summed E-state index contributed by atoms with van der Waals surface area (Å²) in [4.78, 5) is 2.47. The summed E-state index contributed by atoms with van der Waals surface area (Å²) in [7, 11) is 0. The van der Waals surface area contributed by atoms with Crippen LogP contribution < -0.4 is 10.6 Å². The van der Waals surface area contributed by atoms with Gasteiger partial charge in [-0.25, -0.2) is 0 Å². The van der Waals surface area contributed by atoms with Crippen molar-refractivity contribution in [2.24, 2.45) is 5.73 Å². The van der Waals surface area contributed by atoms with E-state index in [-0.39, 0.29) is 0 Å². The summed E-state index contributed by atoms with van der Waals surface area (Å²) in [5, 5.41) is 0. The van der Waals surface area contributed by atoms with Gasteiger partial charge in [0, 0.05) is 24.3 Å². The number of hydrogen-bond acceptors (Lipinski definition) is 2. The zero-order chi connectivity index (χ0) is 10.8. The second kappa shape index (κ2) is 4.23. The van der Waals surface area contributed by atoms with E-state index in [9.17, 15) is 0 Å². The van der Waals surface area contributed by atoms with Crippen molar-refractivity contribution < 1.29 is 0 Å². The van der Waals surface area contributed by atoms with E-state index >= 15 is 0 Å². The van der Waals surface area contributed by atoms with Crippen molar-refractivity contribution in [3.05, 3.63) is 29.8 Å². The third-order valence-electron chi connectivity index (χ3n) is 3.26. The molecule has 1 aromatic carbocycles. The molecule has 1 fully saturated rings. The van der Waals surface area contributed by atoms with Crippen LogP contribution in [-0.4, -0.2) is 18.6 Å². The van der Waals surface area contributed by atoms with Gasteiger partial charge in [-0.05, 0) is 44.4 Å². The van der Waals surface area contributed by atoms with Crippen LogP contribution in [-0.2, 0) is 0 Å². The number of nitrogens with two attached hydrogens (primary N) is 1. The van der Waals surface area contributed by atoms with E-state index in [4.69, 9.17) is 5.73 Å². The summed E-state index contributed by atoms with van der Waals surface area (Å²) in [5.74, 6) is 0. The van der Waals surface area contributed by atoms with E-state index in [1.807, 2.05) is 0 Å². The van der Waals surface area contributed by atoms with Gasteiger partial charge in [0.25, 0.3) is 0 Å². The minimum absolute atomic E-state index is 0.425. The van der Waals surface area contributed by atoms with Crippen LogP contribution in [0.2, 0.25) is 0 Å². The minimum Gasteiger partial charge on any atom is -0.369 e. The lowest BCUT2D eigenvalue weighted by molar-refractivity contribution is 0.332. The van der Waals surface area contributed by atoms with Gasteiger partial charge in [0.1, 0.15) is 0 Å². The average molecular weight is 204 g/mol. The molecule has 1 saturated carbocycles. The third-order valence-corrected chi connectivity index (χ3v) is 3.26. The Hall–Kier alpha value is -1.02. The first kappa shape index (κ1) is 10.5. The van der Waals surface area contributed by atoms with E-state index in [1.54, 1.807) is 0 Å². The van der Waals surface area contributed by atoms with Crippen LogP contribution in [0.3, 0.4) is 0 Å². The molecule has 1 aliphatic rings. The summed E-state index contributed by atoms with van der Waals surface area (Å²) >= 11 is 0. The van der Waals surface area contributed by atoms with Crippen LogP contribution in [0.4, 0.5) is 5.69 Å². The van der Waals surface area contributed by atoms with Crippen molar-refractivity contribution in [1.82, 2.24) is 0 Å². The molecule has 0 aromatic heterocycles. The Morgan fingerprint density at radius 3 is 2.67 bits per heavy atom. The van der Waals surface area contributed by atoms with Gasteiger partial charge in [-0.3, -0.25) is 0 Å². The van der Waals surface area contributed by atoms with Gasteiger partial charge >= 0.3 is 0 Å². The maximum atomic E-state index is 5.84. The quantitative estimate of drug-likeness (QED) is 0.818. The maximum Gasteiger partial charge on any atom is 0.0371 e. The molecule has 15 heavy (non-hydrogen) atoms. The first-order valence-corrected chi connectivity index (χ1v) is 5.79. The highest BCUT2D eigenvalue weighted by Crippen LogP contribution is 2.29. The Labute approximate surface area is 92.1 Å². The molecule has 1 aromatic rings. The fourth-order valence-electron chi connectivity index (χ4n) is 2.34. The smallest absolute Gasteiger partial charge is 0.0371 e. The Balaban J connectivity index is 2.12. The number of nitrogens with zero attached hydrogens (tertiary/aromatic N) is 1. The van der Waals surface area contributed by atoms with Crippen molar-refractivity contribution in [1.29, 1.82) is 0 Å². The van der Waals surface area contributed by atoms with Crippen molar-refractivity contribution >= 4 is 5.69 Å².